The van der Waals surface area contributed by atoms with Gasteiger partial charge in [-0.3, -0.25) is 4.90 Å². The number of para-hydroxylation sites is 2. The van der Waals surface area contributed by atoms with E-state index in [1.807, 2.05) is 24.3 Å². The van der Waals surface area contributed by atoms with E-state index in [1.165, 1.54) is 0 Å². The van der Waals surface area contributed by atoms with Crippen molar-refractivity contribution in [3.8, 4) is 5.75 Å². The minimum absolute atomic E-state index is 0.627. The van der Waals surface area contributed by atoms with E-state index in [0.29, 0.717) is 12.3 Å². The van der Waals surface area contributed by atoms with Crippen LogP contribution in [0.2, 0.25) is 0 Å². The maximum Gasteiger partial charge on any atom is 0.147 e. The van der Waals surface area contributed by atoms with Crippen LogP contribution in [0.15, 0.2) is 30.6 Å². The van der Waals surface area contributed by atoms with Crippen molar-refractivity contribution in [1.82, 2.24) is 19.7 Å². The lowest BCUT2D eigenvalue weighted by Crippen LogP contribution is -2.36. The van der Waals surface area contributed by atoms with Crippen molar-refractivity contribution in [1.29, 1.82) is 0 Å². The van der Waals surface area contributed by atoms with E-state index in [9.17, 15) is 0 Å². The van der Waals surface area contributed by atoms with Crippen molar-refractivity contribution < 1.29 is 4.74 Å². The van der Waals surface area contributed by atoms with Gasteiger partial charge in [0.1, 0.15) is 24.5 Å². The number of rotatable bonds is 4. The highest BCUT2D eigenvalue weighted by atomic mass is 16.5. The van der Waals surface area contributed by atoms with Gasteiger partial charge in [-0.25, -0.2) is 0 Å². The number of nitrogens with zero attached hydrogens (tertiary/aromatic N) is 4. The number of nitrogens with two attached hydrogens (primary N) is 1. The summed E-state index contributed by atoms with van der Waals surface area (Å²) in [6.07, 6.45) is 1.79. The summed E-state index contributed by atoms with van der Waals surface area (Å²) in [6, 6.07) is 7.57. The van der Waals surface area contributed by atoms with Crippen LogP contribution in [0.5, 0.6) is 5.75 Å². The van der Waals surface area contributed by atoms with E-state index < -0.39 is 0 Å². The van der Waals surface area contributed by atoms with Crippen molar-refractivity contribution in [2.24, 2.45) is 0 Å². The maximum absolute atomic E-state index is 5.83. The zero-order chi connectivity index (χ0) is 13.1. The van der Waals surface area contributed by atoms with E-state index in [4.69, 9.17) is 10.5 Å². The van der Waals surface area contributed by atoms with Crippen molar-refractivity contribution in [2.75, 3.05) is 25.4 Å². The molecular formula is C13H17N5O. The Bertz CT molecular complexity index is 553. The molecule has 0 fully saturated rings. The van der Waals surface area contributed by atoms with Gasteiger partial charge in [-0.1, -0.05) is 12.1 Å². The second-order valence-corrected chi connectivity index (χ2v) is 4.60. The van der Waals surface area contributed by atoms with E-state index in [2.05, 4.69) is 19.7 Å². The Kier molecular flexibility index (Phi) is 3.33. The number of anilines is 1. The summed E-state index contributed by atoms with van der Waals surface area (Å²) in [6.45, 7) is 4.26. The highest BCUT2D eigenvalue weighted by Crippen LogP contribution is 2.19. The van der Waals surface area contributed by atoms with Crippen LogP contribution in [0.3, 0.4) is 0 Å². The molecule has 1 aliphatic rings. The lowest BCUT2D eigenvalue weighted by Gasteiger charge is -2.26. The van der Waals surface area contributed by atoms with Crippen molar-refractivity contribution >= 4 is 5.69 Å². The molecule has 1 aromatic heterocycles. The fourth-order valence-corrected chi connectivity index (χ4v) is 2.20. The van der Waals surface area contributed by atoms with Gasteiger partial charge in [-0.05, 0) is 12.1 Å². The lowest BCUT2D eigenvalue weighted by molar-refractivity contribution is 0.175. The van der Waals surface area contributed by atoms with Gasteiger partial charge in [0.2, 0.25) is 0 Å². The molecule has 0 saturated carbocycles. The molecule has 2 N–H and O–H groups in total. The SMILES string of the molecule is Nc1ccccc1OCCN1CCn2cnnc2C1. The first-order chi connectivity index (χ1) is 9.33. The zero-order valence-electron chi connectivity index (χ0n) is 10.7. The summed E-state index contributed by atoms with van der Waals surface area (Å²) in [4.78, 5) is 2.31. The van der Waals surface area contributed by atoms with Crippen LogP contribution in [0, 0.1) is 0 Å². The lowest BCUT2D eigenvalue weighted by atomic mass is 10.3. The van der Waals surface area contributed by atoms with Crippen molar-refractivity contribution in [3.05, 3.63) is 36.4 Å². The van der Waals surface area contributed by atoms with Crippen LogP contribution in [-0.4, -0.2) is 39.4 Å². The second-order valence-electron chi connectivity index (χ2n) is 4.60. The molecule has 0 aliphatic carbocycles. The third-order valence-electron chi connectivity index (χ3n) is 3.30. The number of hydrogen-bond donors (Lipinski definition) is 1. The smallest absolute Gasteiger partial charge is 0.147 e. The number of benzene rings is 1. The van der Waals surface area contributed by atoms with Gasteiger partial charge in [0.05, 0.1) is 12.2 Å². The third kappa shape index (κ3) is 2.68. The fraction of sp³-hybridized carbons (Fsp3) is 0.385. The molecule has 3 rings (SSSR count). The summed E-state index contributed by atoms with van der Waals surface area (Å²) >= 11 is 0. The molecule has 0 radical (unpaired) electrons. The molecule has 19 heavy (non-hydrogen) atoms. The first-order valence-electron chi connectivity index (χ1n) is 6.39. The topological polar surface area (TPSA) is 69.2 Å². The summed E-state index contributed by atoms with van der Waals surface area (Å²) in [5, 5.41) is 8.01. The van der Waals surface area contributed by atoms with Crippen molar-refractivity contribution in [2.45, 2.75) is 13.1 Å². The monoisotopic (exact) mass is 259 g/mol. The molecule has 0 spiro atoms. The average molecular weight is 259 g/mol. The standard InChI is InChI=1S/C13H17N5O/c14-11-3-1-2-4-12(11)19-8-7-17-5-6-18-10-15-16-13(18)9-17/h1-4,10H,5-9,14H2. The van der Waals surface area contributed by atoms with Crippen LogP contribution < -0.4 is 10.5 Å². The molecule has 0 unspecified atom stereocenters. The Hall–Kier alpha value is -2.08. The number of ether oxygens (including phenoxy) is 1. The Morgan fingerprint density at radius 3 is 3.05 bits per heavy atom. The van der Waals surface area contributed by atoms with Gasteiger partial charge >= 0.3 is 0 Å². The molecule has 2 heterocycles. The minimum Gasteiger partial charge on any atom is -0.490 e. The first-order valence-corrected chi connectivity index (χ1v) is 6.39. The van der Waals surface area contributed by atoms with Gasteiger partial charge in [-0.2, -0.15) is 0 Å². The average Bonchev–Trinajstić information content (AvgIpc) is 2.88. The van der Waals surface area contributed by atoms with E-state index in [-0.39, 0.29) is 0 Å². The molecule has 0 amide bonds. The Morgan fingerprint density at radius 1 is 1.26 bits per heavy atom. The van der Waals surface area contributed by atoms with Gasteiger partial charge < -0.3 is 15.0 Å². The van der Waals surface area contributed by atoms with Crippen LogP contribution in [0.25, 0.3) is 0 Å². The Labute approximate surface area is 111 Å². The fourth-order valence-electron chi connectivity index (χ4n) is 2.20. The minimum atomic E-state index is 0.627. The third-order valence-corrected chi connectivity index (χ3v) is 3.30. The maximum atomic E-state index is 5.83. The number of hydrogen-bond acceptors (Lipinski definition) is 5. The summed E-state index contributed by atoms with van der Waals surface area (Å²) in [5.74, 6) is 1.77. The van der Waals surface area contributed by atoms with Crippen LogP contribution in [0.4, 0.5) is 5.69 Å². The normalized spacial score (nSPS) is 15.2. The quantitative estimate of drug-likeness (QED) is 0.821. The first kappa shape index (κ1) is 12.0. The van der Waals surface area contributed by atoms with Crippen LogP contribution >= 0.6 is 0 Å². The second kappa shape index (κ2) is 5.27. The van der Waals surface area contributed by atoms with Gasteiger partial charge in [-0.15, -0.1) is 10.2 Å². The molecule has 100 valence electrons. The molecular weight excluding hydrogens is 242 g/mol. The molecule has 0 saturated heterocycles. The highest BCUT2D eigenvalue weighted by molar-refractivity contribution is 5.51. The Balaban J connectivity index is 1.50. The Morgan fingerprint density at radius 2 is 2.16 bits per heavy atom. The predicted octanol–water partition coefficient (Wildman–Crippen LogP) is 0.755. The summed E-state index contributed by atoms with van der Waals surface area (Å²) in [7, 11) is 0. The van der Waals surface area contributed by atoms with Gasteiger partial charge in [0.25, 0.3) is 0 Å². The molecule has 6 nitrogen and oxygen atoms in total. The largest absolute Gasteiger partial charge is 0.490 e. The van der Waals surface area contributed by atoms with Crippen LogP contribution in [-0.2, 0) is 13.1 Å². The van der Waals surface area contributed by atoms with E-state index in [0.717, 1.165) is 37.8 Å². The van der Waals surface area contributed by atoms with Gasteiger partial charge in [0.15, 0.2) is 0 Å². The van der Waals surface area contributed by atoms with Gasteiger partial charge in [0, 0.05) is 19.6 Å². The van der Waals surface area contributed by atoms with Crippen LogP contribution in [0.1, 0.15) is 5.82 Å². The molecule has 1 aliphatic heterocycles. The predicted molar refractivity (Wildman–Crippen MR) is 71.6 cm³/mol. The van der Waals surface area contributed by atoms with Crippen molar-refractivity contribution in [3.63, 3.8) is 0 Å². The van der Waals surface area contributed by atoms with E-state index >= 15 is 0 Å². The molecule has 0 atom stereocenters. The number of fused-ring (bicyclic) bond motifs is 1. The summed E-state index contributed by atoms with van der Waals surface area (Å²) in [5.41, 5.74) is 6.51. The number of nitrogen functional groups attached to an aromatic ring is 1. The molecule has 1 aromatic carbocycles. The zero-order valence-corrected chi connectivity index (χ0v) is 10.7. The molecule has 0 bridgehead atoms. The number of aromatic nitrogens is 3. The summed E-state index contributed by atoms with van der Waals surface area (Å²) < 4.78 is 7.79. The highest BCUT2D eigenvalue weighted by Gasteiger charge is 2.16. The molecule has 2 aromatic rings. The van der Waals surface area contributed by atoms with E-state index in [1.54, 1.807) is 6.33 Å². The molecule has 6 heteroatoms.